The van der Waals surface area contributed by atoms with Crippen molar-refractivity contribution in [2.45, 2.75) is 44.6 Å². The molecule has 1 atom stereocenters. The van der Waals surface area contributed by atoms with Crippen molar-refractivity contribution >= 4 is 6.03 Å². The molecule has 2 N–H and O–H groups in total. The van der Waals surface area contributed by atoms with Crippen molar-refractivity contribution in [2.75, 3.05) is 32.7 Å². The number of urea groups is 1. The van der Waals surface area contributed by atoms with Gasteiger partial charge in [-0.2, -0.15) is 0 Å². The van der Waals surface area contributed by atoms with Crippen LogP contribution in [-0.4, -0.2) is 59.7 Å². The second-order valence-corrected chi connectivity index (χ2v) is 6.99. The summed E-state index contributed by atoms with van der Waals surface area (Å²) in [6.45, 7) is 4.86. The highest BCUT2D eigenvalue weighted by Crippen LogP contribution is 2.20. The number of phenols is 1. The summed E-state index contributed by atoms with van der Waals surface area (Å²) in [6.07, 6.45) is 6.91. The summed E-state index contributed by atoms with van der Waals surface area (Å²) < 4.78 is 0. The van der Waals surface area contributed by atoms with Gasteiger partial charge in [-0.15, -0.1) is 0 Å². The number of carbonyl (C=O) groups is 1. The molecule has 2 aliphatic rings. The van der Waals surface area contributed by atoms with Crippen LogP contribution in [0.5, 0.6) is 5.75 Å². The molecule has 24 heavy (non-hydrogen) atoms. The molecule has 5 nitrogen and oxygen atoms in total. The van der Waals surface area contributed by atoms with E-state index in [0.29, 0.717) is 18.3 Å². The number of nitrogens with zero attached hydrogens (tertiary/aromatic N) is 2. The Morgan fingerprint density at radius 1 is 1.12 bits per heavy atom. The maximum absolute atomic E-state index is 12.3. The molecule has 3 rings (SSSR count). The van der Waals surface area contributed by atoms with Crippen molar-refractivity contribution in [3.63, 3.8) is 0 Å². The molecule has 0 spiro atoms. The fourth-order valence-corrected chi connectivity index (χ4v) is 3.77. The zero-order valence-electron chi connectivity index (χ0n) is 14.4. The van der Waals surface area contributed by atoms with Gasteiger partial charge in [-0.1, -0.05) is 18.6 Å². The molecule has 2 aliphatic heterocycles. The quantitative estimate of drug-likeness (QED) is 0.816. The van der Waals surface area contributed by atoms with E-state index in [9.17, 15) is 9.90 Å². The van der Waals surface area contributed by atoms with Gasteiger partial charge in [0.2, 0.25) is 0 Å². The van der Waals surface area contributed by atoms with Gasteiger partial charge in [-0.05, 0) is 62.9 Å². The Kier molecular flexibility index (Phi) is 5.96. The number of rotatable bonds is 5. The normalized spacial score (nSPS) is 21.8. The monoisotopic (exact) mass is 331 g/mol. The minimum Gasteiger partial charge on any atom is -0.508 e. The van der Waals surface area contributed by atoms with Crippen LogP contribution < -0.4 is 5.32 Å². The molecule has 5 heteroatoms. The molecule has 0 saturated carbocycles. The fourth-order valence-electron chi connectivity index (χ4n) is 3.77. The van der Waals surface area contributed by atoms with Crippen LogP contribution in [0.3, 0.4) is 0 Å². The molecule has 2 saturated heterocycles. The van der Waals surface area contributed by atoms with Crippen LogP contribution in [0.15, 0.2) is 24.3 Å². The van der Waals surface area contributed by atoms with E-state index in [2.05, 4.69) is 10.2 Å². The maximum atomic E-state index is 12.3. The Hall–Kier alpha value is -1.75. The number of piperidine rings is 1. The summed E-state index contributed by atoms with van der Waals surface area (Å²) in [5, 5.41) is 12.3. The molecule has 132 valence electrons. The summed E-state index contributed by atoms with van der Waals surface area (Å²) in [4.78, 5) is 16.8. The first-order chi connectivity index (χ1) is 11.7. The third kappa shape index (κ3) is 4.63. The number of aromatic hydroxyl groups is 1. The first-order valence-electron chi connectivity index (χ1n) is 9.27. The van der Waals surface area contributed by atoms with E-state index in [4.69, 9.17) is 0 Å². The van der Waals surface area contributed by atoms with Gasteiger partial charge < -0.3 is 15.3 Å². The Labute approximate surface area is 144 Å². The second-order valence-electron chi connectivity index (χ2n) is 6.99. The smallest absolute Gasteiger partial charge is 0.317 e. The van der Waals surface area contributed by atoms with Gasteiger partial charge in [-0.3, -0.25) is 4.90 Å². The summed E-state index contributed by atoms with van der Waals surface area (Å²) in [6, 6.07) is 7.92. The number of hydrogen-bond acceptors (Lipinski definition) is 3. The topological polar surface area (TPSA) is 55.8 Å². The minimum atomic E-state index is 0.0835. The molecule has 1 unspecified atom stereocenters. The predicted molar refractivity (Wildman–Crippen MR) is 95.2 cm³/mol. The van der Waals surface area contributed by atoms with E-state index >= 15 is 0 Å². The number of nitrogens with one attached hydrogen (secondary N) is 1. The van der Waals surface area contributed by atoms with E-state index in [1.165, 1.54) is 37.9 Å². The Morgan fingerprint density at radius 3 is 2.62 bits per heavy atom. The number of carbonyl (C=O) groups excluding carboxylic acids is 1. The summed E-state index contributed by atoms with van der Waals surface area (Å²) in [5.41, 5.74) is 1.19. The molecule has 2 heterocycles. The molecule has 0 radical (unpaired) electrons. The summed E-state index contributed by atoms with van der Waals surface area (Å²) >= 11 is 0. The van der Waals surface area contributed by atoms with E-state index in [1.54, 1.807) is 12.1 Å². The molecule has 0 aromatic heterocycles. The molecule has 0 aliphatic carbocycles. The third-order valence-electron chi connectivity index (χ3n) is 5.21. The molecule has 2 fully saturated rings. The van der Waals surface area contributed by atoms with Gasteiger partial charge in [0, 0.05) is 25.7 Å². The van der Waals surface area contributed by atoms with Gasteiger partial charge in [0.15, 0.2) is 0 Å². The first kappa shape index (κ1) is 17.1. The van der Waals surface area contributed by atoms with E-state index < -0.39 is 0 Å². The van der Waals surface area contributed by atoms with Crippen LogP contribution in [0, 0.1) is 0 Å². The number of amides is 2. The largest absolute Gasteiger partial charge is 0.508 e. The number of likely N-dealkylation sites (tertiary alicyclic amines) is 2. The van der Waals surface area contributed by atoms with E-state index in [0.717, 1.165) is 32.4 Å². The number of phenolic OH excluding ortho intramolecular Hbond substituents is 1. The highest BCUT2D eigenvalue weighted by atomic mass is 16.3. The zero-order chi connectivity index (χ0) is 16.8. The lowest BCUT2D eigenvalue weighted by Crippen LogP contribution is -2.44. The van der Waals surface area contributed by atoms with Crippen molar-refractivity contribution in [1.29, 1.82) is 0 Å². The van der Waals surface area contributed by atoms with Gasteiger partial charge in [0.1, 0.15) is 5.75 Å². The Bertz CT molecular complexity index is 526. The lowest BCUT2D eigenvalue weighted by atomic mass is 10.1. The zero-order valence-corrected chi connectivity index (χ0v) is 14.4. The Balaban J connectivity index is 1.34. The average Bonchev–Trinajstić information content (AvgIpc) is 3.11. The average molecular weight is 331 g/mol. The maximum Gasteiger partial charge on any atom is 0.317 e. The molecular weight excluding hydrogens is 302 g/mol. The highest BCUT2D eigenvalue weighted by Gasteiger charge is 2.30. The second kappa shape index (κ2) is 8.38. The number of benzene rings is 1. The van der Waals surface area contributed by atoms with Gasteiger partial charge in [-0.25, -0.2) is 4.79 Å². The van der Waals surface area contributed by atoms with Crippen LogP contribution >= 0.6 is 0 Å². The van der Waals surface area contributed by atoms with E-state index in [-0.39, 0.29) is 6.03 Å². The van der Waals surface area contributed by atoms with Crippen LogP contribution in [0.4, 0.5) is 4.79 Å². The lowest BCUT2D eigenvalue weighted by Gasteiger charge is -2.32. The van der Waals surface area contributed by atoms with Crippen molar-refractivity contribution in [3.05, 3.63) is 29.8 Å². The molecule has 1 aromatic rings. The van der Waals surface area contributed by atoms with Crippen LogP contribution in [0.1, 0.15) is 37.7 Å². The van der Waals surface area contributed by atoms with Crippen molar-refractivity contribution in [2.24, 2.45) is 0 Å². The SMILES string of the molecule is O=C(NCCCc1ccc(O)cc1)N1CCC(N2CCCCC2)C1. The minimum absolute atomic E-state index is 0.0835. The Morgan fingerprint density at radius 2 is 1.88 bits per heavy atom. The van der Waals surface area contributed by atoms with Crippen LogP contribution in [0.2, 0.25) is 0 Å². The molecule has 2 amide bonds. The summed E-state index contributed by atoms with van der Waals surface area (Å²) in [7, 11) is 0. The van der Waals surface area contributed by atoms with Gasteiger partial charge in [0.05, 0.1) is 0 Å². The van der Waals surface area contributed by atoms with Crippen molar-refractivity contribution < 1.29 is 9.90 Å². The lowest BCUT2D eigenvalue weighted by molar-refractivity contribution is 0.161. The van der Waals surface area contributed by atoms with Crippen LogP contribution in [0.25, 0.3) is 0 Å². The summed E-state index contributed by atoms with van der Waals surface area (Å²) in [5.74, 6) is 0.296. The molecule has 0 bridgehead atoms. The standard InChI is InChI=1S/C19H29N3O2/c23-18-8-6-16(7-9-18)5-4-11-20-19(24)22-14-10-17(15-22)21-12-2-1-3-13-21/h6-9,17,23H,1-5,10-15H2,(H,20,24). The van der Waals surface area contributed by atoms with Gasteiger partial charge >= 0.3 is 6.03 Å². The van der Waals surface area contributed by atoms with E-state index in [1.807, 2.05) is 17.0 Å². The molecule has 1 aromatic carbocycles. The van der Waals surface area contributed by atoms with Gasteiger partial charge in [0.25, 0.3) is 0 Å². The van der Waals surface area contributed by atoms with Crippen molar-refractivity contribution in [1.82, 2.24) is 15.1 Å². The number of aryl methyl sites for hydroxylation is 1. The number of hydrogen-bond donors (Lipinski definition) is 2. The first-order valence-corrected chi connectivity index (χ1v) is 9.27. The molecular formula is C19H29N3O2. The highest BCUT2D eigenvalue weighted by molar-refractivity contribution is 5.74. The predicted octanol–water partition coefficient (Wildman–Crippen LogP) is 2.59. The third-order valence-corrected chi connectivity index (χ3v) is 5.21. The van der Waals surface area contributed by atoms with Crippen LogP contribution in [-0.2, 0) is 6.42 Å². The van der Waals surface area contributed by atoms with Crippen molar-refractivity contribution in [3.8, 4) is 5.75 Å². The fraction of sp³-hybridized carbons (Fsp3) is 0.632.